The maximum absolute atomic E-state index is 9.49. The molecule has 0 radical (unpaired) electrons. The summed E-state index contributed by atoms with van der Waals surface area (Å²) in [6.07, 6.45) is 3.22. The van der Waals surface area contributed by atoms with Crippen LogP contribution in [0.15, 0.2) is 30.3 Å². The van der Waals surface area contributed by atoms with Crippen LogP contribution in [0.25, 0.3) is 10.9 Å². The molecule has 0 bridgehead atoms. The van der Waals surface area contributed by atoms with Gasteiger partial charge in [-0.15, -0.1) is 0 Å². The zero-order valence-corrected chi connectivity index (χ0v) is 9.06. The maximum atomic E-state index is 9.49. The van der Waals surface area contributed by atoms with Crippen LogP contribution >= 0.6 is 0 Å². The Hall–Kier alpha value is -1.48. The van der Waals surface area contributed by atoms with Gasteiger partial charge in [0.1, 0.15) is 0 Å². The predicted octanol–water partition coefficient (Wildman–Crippen LogP) is 2.04. The summed E-state index contributed by atoms with van der Waals surface area (Å²) in [5.41, 5.74) is 1.75. The van der Waals surface area contributed by atoms with Crippen molar-refractivity contribution in [2.75, 3.05) is 6.61 Å². The Bertz CT molecular complexity index is 515. The molecule has 1 aliphatic carbocycles. The molecule has 16 heavy (non-hydrogen) atoms. The molecule has 2 aromatic rings. The molecule has 1 aromatic carbocycles. The Morgan fingerprint density at radius 2 is 2.00 bits per heavy atom. The fourth-order valence-corrected chi connectivity index (χ4v) is 2.34. The van der Waals surface area contributed by atoms with Crippen LogP contribution in [0.2, 0.25) is 0 Å². The van der Waals surface area contributed by atoms with Crippen molar-refractivity contribution in [3.8, 4) is 0 Å². The first kappa shape index (κ1) is 9.73. The molecule has 0 spiro atoms. The molecular formula is C13H14N2O. The van der Waals surface area contributed by atoms with Gasteiger partial charge in [-0.2, -0.15) is 10.2 Å². The lowest BCUT2D eigenvalue weighted by atomic mass is 9.67. The third-order valence-electron chi connectivity index (χ3n) is 3.65. The summed E-state index contributed by atoms with van der Waals surface area (Å²) in [5.74, 6) is 0. The van der Waals surface area contributed by atoms with Crippen LogP contribution in [-0.4, -0.2) is 21.9 Å². The number of aliphatic hydroxyl groups excluding tert-OH is 1. The van der Waals surface area contributed by atoms with Crippen molar-refractivity contribution in [3.05, 3.63) is 36.0 Å². The van der Waals surface area contributed by atoms with Crippen molar-refractivity contribution in [2.45, 2.75) is 24.7 Å². The minimum Gasteiger partial charge on any atom is -0.395 e. The lowest BCUT2D eigenvalue weighted by Gasteiger charge is -2.39. The van der Waals surface area contributed by atoms with E-state index < -0.39 is 0 Å². The molecule has 1 aromatic heterocycles. The zero-order chi connectivity index (χ0) is 11.0. The van der Waals surface area contributed by atoms with Gasteiger partial charge in [0.25, 0.3) is 0 Å². The van der Waals surface area contributed by atoms with E-state index in [9.17, 15) is 5.11 Å². The highest BCUT2D eigenvalue weighted by atomic mass is 16.3. The molecule has 0 unspecified atom stereocenters. The van der Waals surface area contributed by atoms with Crippen molar-refractivity contribution in [3.63, 3.8) is 0 Å². The molecule has 0 amide bonds. The molecule has 1 N–H and O–H groups in total. The van der Waals surface area contributed by atoms with Gasteiger partial charge in [0.05, 0.1) is 17.8 Å². The van der Waals surface area contributed by atoms with Gasteiger partial charge in [-0.05, 0) is 25.0 Å². The first-order valence-corrected chi connectivity index (χ1v) is 5.68. The van der Waals surface area contributed by atoms with Gasteiger partial charge in [0.15, 0.2) is 0 Å². The number of nitrogens with zero attached hydrogens (tertiary/aromatic N) is 2. The molecule has 1 saturated carbocycles. The van der Waals surface area contributed by atoms with Crippen molar-refractivity contribution >= 4 is 10.9 Å². The summed E-state index contributed by atoms with van der Waals surface area (Å²) in [4.78, 5) is 0. The van der Waals surface area contributed by atoms with Gasteiger partial charge in [0.2, 0.25) is 0 Å². The van der Waals surface area contributed by atoms with Gasteiger partial charge in [-0.25, -0.2) is 0 Å². The molecule has 3 rings (SSSR count). The second-order valence-electron chi connectivity index (χ2n) is 4.58. The zero-order valence-electron chi connectivity index (χ0n) is 9.06. The highest BCUT2D eigenvalue weighted by Crippen LogP contribution is 2.42. The van der Waals surface area contributed by atoms with E-state index in [2.05, 4.69) is 16.3 Å². The van der Waals surface area contributed by atoms with Crippen molar-refractivity contribution in [2.24, 2.45) is 0 Å². The molecule has 0 atom stereocenters. The summed E-state index contributed by atoms with van der Waals surface area (Å²) in [5, 5.41) is 19.1. The molecule has 0 saturated heterocycles. The largest absolute Gasteiger partial charge is 0.395 e. The molecule has 82 valence electrons. The normalized spacial score (nSPS) is 18.3. The Labute approximate surface area is 94.1 Å². The van der Waals surface area contributed by atoms with E-state index in [1.165, 1.54) is 6.42 Å². The SMILES string of the molecule is OCC1(c2cc3ccccc3nn2)CCC1. The van der Waals surface area contributed by atoms with E-state index in [0.717, 1.165) is 29.4 Å². The summed E-state index contributed by atoms with van der Waals surface area (Å²) in [6.45, 7) is 0.181. The Kier molecular flexibility index (Phi) is 2.14. The average molecular weight is 214 g/mol. The minimum absolute atomic E-state index is 0.114. The number of rotatable bonds is 2. The molecule has 3 heteroatoms. The van der Waals surface area contributed by atoms with Crippen molar-refractivity contribution in [1.29, 1.82) is 0 Å². The topological polar surface area (TPSA) is 46.0 Å². The summed E-state index contributed by atoms with van der Waals surface area (Å²) >= 11 is 0. The van der Waals surface area contributed by atoms with Crippen LogP contribution in [0, 0.1) is 0 Å². The summed E-state index contributed by atoms with van der Waals surface area (Å²) in [6, 6.07) is 10.0. The molecule has 1 heterocycles. The molecule has 1 fully saturated rings. The number of benzene rings is 1. The third-order valence-corrected chi connectivity index (χ3v) is 3.65. The highest BCUT2D eigenvalue weighted by Gasteiger charge is 2.39. The maximum Gasteiger partial charge on any atom is 0.0929 e. The minimum atomic E-state index is -0.114. The summed E-state index contributed by atoms with van der Waals surface area (Å²) < 4.78 is 0. The summed E-state index contributed by atoms with van der Waals surface area (Å²) in [7, 11) is 0. The molecule has 3 nitrogen and oxygen atoms in total. The lowest BCUT2D eigenvalue weighted by molar-refractivity contribution is 0.115. The first-order valence-electron chi connectivity index (χ1n) is 5.68. The smallest absolute Gasteiger partial charge is 0.0929 e. The van der Waals surface area contributed by atoms with Crippen LogP contribution in [0.3, 0.4) is 0 Å². The second kappa shape index (κ2) is 3.52. The number of aliphatic hydroxyl groups is 1. The van der Waals surface area contributed by atoms with Gasteiger partial charge in [0, 0.05) is 10.8 Å². The van der Waals surface area contributed by atoms with Crippen molar-refractivity contribution < 1.29 is 5.11 Å². The lowest BCUT2D eigenvalue weighted by Crippen LogP contribution is -2.38. The van der Waals surface area contributed by atoms with Crippen molar-refractivity contribution in [1.82, 2.24) is 10.2 Å². The third kappa shape index (κ3) is 1.32. The van der Waals surface area contributed by atoms with Crippen LogP contribution in [0.5, 0.6) is 0 Å². The number of hydrogen-bond donors (Lipinski definition) is 1. The van der Waals surface area contributed by atoms with E-state index in [-0.39, 0.29) is 12.0 Å². The van der Waals surface area contributed by atoms with Gasteiger partial charge in [-0.3, -0.25) is 0 Å². The molecule has 1 aliphatic rings. The van der Waals surface area contributed by atoms with E-state index in [0.29, 0.717) is 0 Å². The van der Waals surface area contributed by atoms with E-state index in [4.69, 9.17) is 0 Å². The Morgan fingerprint density at radius 3 is 2.69 bits per heavy atom. The van der Waals surface area contributed by atoms with E-state index >= 15 is 0 Å². The van der Waals surface area contributed by atoms with Gasteiger partial charge < -0.3 is 5.11 Å². The van der Waals surface area contributed by atoms with Crippen LogP contribution in [0.4, 0.5) is 0 Å². The molecule has 0 aliphatic heterocycles. The van der Waals surface area contributed by atoms with Crippen LogP contribution in [0.1, 0.15) is 25.0 Å². The Balaban J connectivity index is 2.11. The number of hydrogen-bond acceptors (Lipinski definition) is 3. The number of fused-ring (bicyclic) bond motifs is 1. The second-order valence-corrected chi connectivity index (χ2v) is 4.58. The van der Waals surface area contributed by atoms with E-state index in [1.807, 2.05) is 24.3 Å². The monoisotopic (exact) mass is 214 g/mol. The Morgan fingerprint density at radius 1 is 1.19 bits per heavy atom. The van der Waals surface area contributed by atoms with Gasteiger partial charge >= 0.3 is 0 Å². The fraction of sp³-hybridized carbons (Fsp3) is 0.385. The van der Waals surface area contributed by atoms with Crippen LogP contribution < -0.4 is 0 Å². The number of aromatic nitrogens is 2. The quantitative estimate of drug-likeness (QED) is 0.832. The highest BCUT2D eigenvalue weighted by molar-refractivity contribution is 5.78. The standard InChI is InChI=1S/C13H14N2O/c16-9-13(6-3-7-13)12-8-10-4-1-2-5-11(10)14-15-12/h1-2,4-5,8,16H,3,6-7,9H2. The first-order chi connectivity index (χ1) is 7.84. The van der Waals surface area contributed by atoms with Gasteiger partial charge in [-0.1, -0.05) is 24.6 Å². The fourth-order valence-electron chi connectivity index (χ4n) is 2.34. The molecular weight excluding hydrogens is 200 g/mol. The van der Waals surface area contributed by atoms with Crippen LogP contribution in [-0.2, 0) is 5.41 Å². The van der Waals surface area contributed by atoms with E-state index in [1.54, 1.807) is 0 Å². The predicted molar refractivity (Wildman–Crippen MR) is 62.2 cm³/mol. The average Bonchev–Trinajstić information content (AvgIpc) is 2.28.